The number of azide groups is 1. The first-order valence-corrected chi connectivity index (χ1v) is 4.66. The molecule has 0 radical (unpaired) electrons. The van der Waals surface area contributed by atoms with E-state index in [-0.39, 0.29) is 0 Å². The van der Waals surface area contributed by atoms with Crippen molar-refractivity contribution in [2.75, 3.05) is 12.3 Å². The van der Waals surface area contributed by atoms with E-state index >= 15 is 0 Å². The molecule has 1 rings (SSSR count). The van der Waals surface area contributed by atoms with Gasteiger partial charge in [0, 0.05) is 29.1 Å². The van der Waals surface area contributed by atoms with Crippen LogP contribution in [0.4, 0.5) is 5.69 Å². The Bertz CT molecular complexity index is 452. The second-order valence-corrected chi connectivity index (χ2v) is 3.15. The van der Waals surface area contributed by atoms with Crippen molar-refractivity contribution in [2.24, 2.45) is 5.11 Å². The average Bonchev–Trinajstić information content (AvgIpc) is 2.20. The van der Waals surface area contributed by atoms with Crippen molar-refractivity contribution >= 4 is 17.3 Å². The molecule has 0 atom stereocenters. The van der Waals surface area contributed by atoms with Gasteiger partial charge in [0.15, 0.2) is 0 Å². The molecule has 0 aliphatic rings. The van der Waals surface area contributed by atoms with Gasteiger partial charge < -0.3 is 5.73 Å². The van der Waals surface area contributed by atoms with Crippen molar-refractivity contribution in [3.63, 3.8) is 0 Å². The van der Waals surface area contributed by atoms with Gasteiger partial charge in [0.25, 0.3) is 0 Å². The van der Waals surface area contributed by atoms with Crippen molar-refractivity contribution in [2.45, 2.75) is 6.42 Å². The van der Waals surface area contributed by atoms with Crippen molar-refractivity contribution in [3.05, 3.63) is 39.2 Å². The molecular formula is C10H9ClN4. The number of hydrogen-bond acceptors (Lipinski definition) is 2. The number of halogens is 1. The molecule has 0 fully saturated rings. The molecule has 1 aromatic carbocycles. The lowest BCUT2D eigenvalue weighted by Gasteiger charge is -1.96. The zero-order valence-corrected chi connectivity index (χ0v) is 8.70. The summed E-state index contributed by atoms with van der Waals surface area (Å²) in [7, 11) is 0. The molecule has 0 aliphatic carbocycles. The Balaban J connectivity index is 2.67. The molecule has 0 saturated carbocycles. The highest BCUT2D eigenvalue weighted by atomic mass is 35.5. The first kappa shape index (κ1) is 11.3. The molecule has 0 bridgehead atoms. The van der Waals surface area contributed by atoms with Gasteiger partial charge in [-0.25, -0.2) is 0 Å². The number of nitrogen functional groups attached to an aromatic ring is 1. The molecule has 0 unspecified atom stereocenters. The Hall–Kier alpha value is -1.82. The fraction of sp³-hybridized carbons (Fsp3) is 0.200. The minimum atomic E-state index is 0.371. The van der Waals surface area contributed by atoms with Crippen molar-refractivity contribution < 1.29 is 0 Å². The summed E-state index contributed by atoms with van der Waals surface area (Å²) in [5.41, 5.74) is 14.9. The van der Waals surface area contributed by atoms with Crippen LogP contribution in [-0.4, -0.2) is 6.54 Å². The van der Waals surface area contributed by atoms with E-state index in [9.17, 15) is 0 Å². The van der Waals surface area contributed by atoms with E-state index in [0.717, 1.165) is 5.56 Å². The molecule has 0 heterocycles. The first-order chi connectivity index (χ1) is 7.24. The van der Waals surface area contributed by atoms with Gasteiger partial charge in [0.2, 0.25) is 0 Å². The maximum absolute atomic E-state index is 8.03. The first-order valence-electron chi connectivity index (χ1n) is 4.29. The topological polar surface area (TPSA) is 74.8 Å². The molecule has 5 heteroatoms. The average molecular weight is 221 g/mol. The second-order valence-electron chi connectivity index (χ2n) is 2.75. The molecule has 0 aliphatic heterocycles. The molecular weight excluding hydrogens is 212 g/mol. The summed E-state index contributed by atoms with van der Waals surface area (Å²) >= 11 is 5.91. The van der Waals surface area contributed by atoms with Crippen molar-refractivity contribution in [1.29, 1.82) is 0 Å². The zero-order chi connectivity index (χ0) is 11.1. The molecule has 0 saturated heterocycles. The predicted octanol–water partition coefficient (Wildman–Crippen LogP) is 2.97. The van der Waals surface area contributed by atoms with E-state index in [0.29, 0.717) is 23.7 Å². The standard InChI is InChI=1S/C10H9ClN4/c11-10-7-9(12)5-4-8(10)3-1-2-6-14-15-13/h4-5,7H,2,6,12H2. The van der Waals surface area contributed by atoms with E-state index in [2.05, 4.69) is 21.9 Å². The van der Waals surface area contributed by atoms with Crippen molar-refractivity contribution in [1.82, 2.24) is 0 Å². The van der Waals surface area contributed by atoms with Gasteiger partial charge in [-0.1, -0.05) is 28.6 Å². The highest BCUT2D eigenvalue weighted by Gasteiger charge is 1.95. The van der Waals surface area contributed by atoms with Crippen LogP contribution in [0.15, 0.2) is 23.3 Å². The number of hydrogen-bond donors (Lipinski definition) is 1. The third-order valence-corrected chi connectivity index (χ3v) is 1.93. The van der Waals surface area contributed by atoms with Crippen LogP contribution in [0, 0.1) is 11.8 Å². The maximum Gasteiger partial charge on any atom is 0.0582 e. The van der Waals surface area contributed by atoms with Gasteiger partial charge in [-0.15, -0.1) is 0 Å². The summed E-state index contributed by atoms with van der Waals surface area (Å²) in [6.07, 6.45) is 0.519. The lowest BCUT2D eigenvalue weighted by atomic mass is 10.2. The number of rotatable bonds is 2. The molecule has 76 valence electrons. The largest absolute Gasteiger partial charge is 0.399 e. The van der Waals surface area contributed by atoms with E-state index in [1.54, 1.807) is 18.2 Å². The predicted molar refractivity (Wildman–Crippen MR) is 61.4 cm³/mol. The van der Waals surface area contributed by atoms with Gasteiger partial charge in [0.05, 0.1) is 5.02 Å². The van der Waals surface area contributed by atoms with Gasteiger partial charge in [-0.3, -0.25) is 0 Å². The lowest BCUT2D eigenvalue weighted by molar-refractivity contribution is 1.01. The Labute approximate surface area is 92.7 Å². The summed E-state index contributed by atoms with van der Waals surface area (Å²) in [4.78, 5) is 2.62. The van der Waals surface area contributed by atoms with Gasteiger partial charge in [0.1, 0.15) is 0 Å². The quantitative estimate of drug-likeness (QED) is 0.204. The number of nitrogens with zero attached hydrogens (tertiary/aromatic N) is 3. The fourth-order valence-corrected chi connectivity index (χ4v) is 1.18. The summed E-state index contributed by atoms with van der Waals surface area (Å²) in [6.45, 7) is 0.371. The lowest BCUT2D eigenvalue weighted by Crippen LogP contribution is -1.85. The summed E-state index contributed by atoms with van der Waals surface area (Å²) < 4.78 is 0. The molecule has 0 amide bonds. The van der Waals surface area contributed by atoms with E-state index in [1.807, 2.05) is 0 Å². The summed E-state index contributed by atoms with van der Waals surface area (Å²) in [6, 6.07) is 5.15. The molecule has 15 heavy (non-hydrogen) atoms. The van der Waals surface area contributed by atoms with Crippen LogP contribution in [0.25, 0.3) is 10.4 Å². The molecule has 0 aromatic heterocycles. The minimum Gasteiger partial charge on any atom is -0.399 e. The van der Waals surface area contributed by atoms with Crippen LogP contribution < -0.4 is 5.73 Å². The summed E-state index contributed by atoms with van der Waals surface area (Å²) in [5, 5.41) is 3.90. The van der Waals surface area contributed by atoms with E-state index in [4.69, 9.17) is 22.9 Å². The fourth-order valence-electron chi connectivity index (χ4n) is 0.941. The second kappa shape index (κ2) is 5.82. The number of benzene rings is 1. The zero-order valence-electron chi connectivity index (χ0n) is 7.94. The van der Waals surface area contributed by atoms with Gasteiger partial charge in [-0.2, -0.15) is 0 Å². The van der Waals surface area contributed by atoms with Crippen LogP contribution >= 0.6 is 11.6 Å². The Morgan fingerprint density at radius 2 is 2.33 bits per heavy atom. The third kappa shape index (κ3) is 3.82. The maximum atomic E-state index is 8.03. The molecule has 2 N–H and O–H groups in total. The van der Waals surface area contributed by atoms with Crippen LogP contribution in [0.1, 0.15) is 12.0 Å². The summed E-state index contributed by atoms with van der Waals surface area (Å²) in [5.74, 6) is 5.73. The SMILES string of the molecule is [N-]=[N+]=NCCC#Cc1ccc(N)cc1Cl. The highest BCUT2D eigenvalue weighted by Crippen LogP contribution is 2.17. The minimum absolute atomic E-state index is 0.371. The van der Waals surface area contributed by atoms with Crippen LogP contribution in [0.5, 0.6) is 0 Å². The monoisotopic (exact) mass is 220 g/mol. The van der Waals surface area contributed by atoms with Crippen LogP contribution in [0.3, 0.4) is 0 Å². The third-order valence-electron chi connectivity index (χ3n) is 1.62. The number of nitrogens with two attached hydrogens (primary N) is 1. The smallest absolute Gasteiger partial charge is 0.0582 e. The molecule has 1 aromatic rings. The molecule has 4 nitrogen and oxygen atoms in total. The Morgan fingerprint density at radius 3 is 3.00 bits per heavy atom. The normalized spacial score (nSPS) is 8.60. The highest BCUT2D eigenvalue weighted by molar-refractivity contribution is 6.32. The van der Waals surface area contributed by atoms with Gasteiger partial charge in [-0.05, 0) is 23.7 Å². The van der Waals surface area contributed by atoms with Crippen LogP contribution in [0.2, 0.25) is 5.02 Å². The van der Waals surface area contributed by atoms with E-state index < -0.39 is 0 Å². The Morgan fingerprint density at radius 1 is 1.53 bits per heavy atom. The van der Waals surface area contributed by atoms with Gasteiger partial charge >= 0.3 is 0 Å². The van der Waals surface area contributed by atoms with E-state index in [1.165, 1.54) is 0 Å². The van der Waals surface area contributed by atoms with Crippen LogP contribution in [-0.2, 0) is 0 Å². The Kier molecular flexibility index (Phi) is 4.36. The van der Waals surface area contributed by atoms with Crippen molar-refractivity contribution in [3.8, 4) is 11.8 Å². The number of anilines is 1. The molecule has 0 spiro atoms.